The monoisotopic (exact) mass is 316 g/mol. The van der Waals surface area contributed by atoms with Crippen LogP contribution in [0.15, 0.2) is 30.3 Å². The molecule has 0 saturated heterocycles. The van der Waals surface area contributed by atoms with Crippen LogP contribution in [-0.2, 0) is 14.3 Å². The Morgan fingerprint density at radius 1 is 1.43 bits per heavy atom. The molecule has 0 unspecified atom stereocenters. The molecule has 120 valence electrons. The largest absolute Gasteiger partial charge is 0.452 e. The van der Waals surface area contributed by atoms with Gasteiger partial charge in [0.15, 0.2) is 6.61 Å². The molecule has 1 aliphatic carbocycles. The average molecular weight is 316 g/mol. The highest BCUT2D eigenvalue weighted by Crippen LogP contribution is 2.39. The Bertz CT molecular complexity index is 659. The Morgan fingerprint density at radius 2 is 2.09 bits per heavy atom. The first-order chi connectivity index (χ1) is 10.9. The minimum Gasteiger partial charge on any atom is -0.452 e. The molecule has 0 spiro atoms. The highest BCUT2D eigenvalue weighted by Gasteiger charge is 2.43. The second-order valence-electron chi connectivity index (χ2n) is 5.63. The first-order valence-electron chi connectivity index (χ1n) is 7.25. The molecule has 1 fully saturated rings. The first-order valence-corrected chi connectivity index (χ1v) is 7.25. The van der Waals surface area contributed by atoms with Gasteiger partial charge in [-0.2, -0.15) is 5.26 Å². The zero-order chi connectivity index (χ0) is 16.9. The molecule has 1 amide bonds. The van der Waals surface area contributed by atoms with Crippen molar-refractivity contribution in [3.63, 3.8) is 0 Å². The van der Waals surface area contributed by atoms with Gasteiger partial charge in [0.2, 0.25) is 0 Å². The Hall–Kier alpha value is -2.68. The summed E-state index contributed by atoms with van der Waals surface area (Å²) in [7, 11) is 0. The van der Waals surface area contributed by atoms with E-state index in [4.69, 9.17) is 10.00 Å². The standard InChI is InChI=1S/C17H17FN2O3/c1-17(11-19,13-5-6-13)20-15(21)10-23-16(22)9-4-12-2-7-14(18)8-3-12/h2-4,7-9,13H,5-6,10H2,1H3,(H,20,21)/b9-4+/t17-/m1/s1. The lowest BCUT2D eigenvalue weighted by Crippen LogP contribution is -2.48. The topological polar surface area (TPSA) is 79.2 Å². The molecule has 23 heavy (non-hydrogen) atoms. The van der Waals surface area contributed by atoms with Crippen molar-refractivity contribution in [3.05, 3.63) is 41.7 Å². The molecule has 1 aliphatic rings. The number of esters is 1. The van der Waals surface area contributed by atoms with E-state index in [1.54, 1.807) is 6.92 Å². The number of amides is 1. The maximum atomic E-state index is 12.7. The number of ether oxygens (including phenoxy) is 1. The van der Waals surface area contributed by atoms with Gasteiger partial charge in [0.25, 0.3) is 5.91 Å². The fourth-order valence-corrected chi connectivity index (χ4v) is 2.13. The molecule has 1 N–H and O–H groups in total. The van der Waals surface area contributed by atoms with Gasteiger partial charge in [0, 0.05) is 6.08 Å². The molecule has 0 bridgehead atoms. The van der Waals surface area contributed by atoms with E-state index in [-0.39, 0.29) is 11.7 Å². The fourth-order valence-electron chi connectivity index (χ4n) is 2.13. The zero-order valence-electron chi connectivity index (χ0n) is 12.7. The summed E-state index contributed by atoms with van der Waals surface area (Å²) < 4.78 is 17.6. The number of carbonyl (C=O) groups is 2. The molecule has 1 aromatic rings. The van der Waals surface area contributed by atoms with E-state index in [9.17, 15) is 14.0 Å². The molecule has 5 nitrogen and oxygen atoms in total. The molecule has 2 rings (SSSR count). The number of halogens is 1. The van der Waals surface area contributed by atoms with Crippen molar-refractivity contribution in [2.24, 2.45) is 5.92 Å². The van der Waals surface area contributed by atoms with E-state index in [0.717, 1.165) is 18.9 Å². The Labute approximate surface area is 133 Å². The summed E-state index contributed by atoms with van der Waals surface area (Å²) in [6.07, 6.45) is 4.43. The van der Waals surface area contributed by atoms with Crippen molar-refractivity contribution in [3.8, 4) is 6.07 Å². The van der Waals surface area contributed by atoms with Gasteiger partial charge in [0.05, 0.1) is 6.07 Å². The van der Waals surface area contributed by atoms with Crippen LogP contribution < -0.4 is 5.32 Å². The van der Waals surface area contributed by atoms with E-state index in [1.807, 2.05) is 0 Å². The summed E-state index contributed by atoms with van der Waals surface area (Å²) in [6.45, 7) is 1.22. The molecule has 0 heterocycles. The summed E-state index contributed by atoms with van der Waals surface area (Å²) in [5, 5.41) is 11.7. The van der Waals surface area contributed by atoms with Crippen LogP contribution in [-0.4, -0.2) is 24.0 Å². The Morgan fingerprint density at radius 3 is 2.65 bits per heavy atom. The molecular formula is C17H17FN2O3. The number of hydrogen-bond acceptors (Lipinski definition) is 4. The first kappa shape index (κ1) is 16.7. The number of nitriles is 1. The third-order valence-corrected chi connectivity index (χ3v) is 3.65. The third kappa shape index (κ3) is 4.92. The van der Waals surface area contributed by atoms with Crippen LogP contribution in [0.1, 0.15) is 25.3 Å². The van der Waals surface area contributed by atoms with Crippen LogP contribution in [0.4, 0.5) is 4.39 Å². The van der Waals surface area contributed by atoms with Gasteiger partial charge >= 0.3 is 5.97 Å². The molecule has 1 atom stereocenters. The van der Waals surface area contributed by atoms with Gasteiger partial charge in [-0.15, -0.1) is 0 Å². The molecule has 0 aliphatic heterocycles. The molecule has 1 aromatic carbocycles. The lowest BCUT2D eigenvalue weighted by molar-refractivity contribution is -0.144. The average Bonchev–Trinajstić information content (AvgIpc) is 3.37. The SMILES string of the molecule is C[C@](C#N)(NC(=O)COC(=O)/C=C/c1ccc(F)cc1)C1CC1. The second-order valence-corrected chi connectivity index (χ2v) is 5.63. The van der Waals surface area contributed by atoms with Crippen LogP contribution in [0.2, 0.25) is 0 Å². The highest BCUT2D eigenvalue weighted by atomic mass is 19.1. The summed E-state index contributed by atoms with van der Waals surface area (Å²) in [4.78, 5) is 23.3. The van der Waals surface area contributed by atoms with Crippen molar-refractivity contribution in [2.75, 3.05) is 6.61 Å². The summed E-state index contributed by atoms with van der Waals surface area (Å²) in [6, 6.07) is 7.67. The third-order valence-electron chi connectivity index (χ3n) is 3.65. The van der Waals surface area contributed by atoms with Crippen molar-refractivity contribution >= 4 is 18.0 Å². The predicted molar refractivity (Wildman–Crippen MR) is 81.3 cm³/mol. The van der Waals surface area contributed by atoms with Gasteiger partial charge < -0.3 is 10.1 Å². The quantitative estimate of drug-likeness (QED) is 0.644. The molecule has 0 aromatic heterocycles. The van der Waals surface area contributed by atoms with Gasteiger partial charge in [-0.1, -0.05) is 12.1 Å². The molecule has 0 radical (unpaired) electrons. The van der Waals surface area contributed by atoms with Crippen molar-refractivity contribution in [2.45, 2.75) is 25.3 Å². The zero-order valence-corrected chi connectivity index (χ0v) is 12.7. The Kier molecular flexibility index (Phi) is 5.12. The van der Waals surface area contributed by atoms with Gasteiger partial charge in [-0.25, -0.2) is 9.18 Å². The number of benzene rings is 1. The van der Waals surface area contributed by atoms with Crippen molar-refractivity contribution in [1.82, 2.24) is 5.32 Å². The van der Waals surface area contributed by atoms with Crippen LogP contribution >= 0.6 is 0 Å². The van der Waals surface area contributed by atoms with Crippen LogP contribution in [0.5, 0.6) is 0 Å². The van der Waals surface area contributed by atoms with Crippen LogP contribution in [0.3, 0.4) is 0 Å². The lowest BCUT2D eigenvalue weighted by atomic mass is 9.98. The van der Waals surface area contributed by atoms with Crippen molar-refractivity contribution in [1.29, 1.82) is 5.26 Å². The summed E-state index contributed by atoms with van der Waals surface area (Å²) in [5.74, 6) is -1.40. The lowest BCUT2D eigenvalue weighted by Gasteiger charge is -2.22. The highest BCUT2D eigenvalue weighted by molar-refractivity contribution is 5.89. The maximum absolute atomic E-state index is 12.7. The minimum absolute atomic E-state index is 0.158. The van der Waals surface area contributed by atoms with Crippen molar-refractivity contribution < 1.29 is 18.7 Å². The van der Waals surface area contributed by atoms with E-state index < -0.39 is 24.0 Å². The normalized spacial score (nSPS) is 16.4. The van der Waals surface area contributed by atoms with Crippen LogP contribution in [0.25, 0.3) is 6.08 Å². The summed E-state index contributed by atoms with van der Waals surface area (Å²) in [5.41, 5.74) is -0.272. The second kappa shape index (κ2) is 7.05. The van der Waals surface area contributed by atoms with E-state index in [1.165, 1.54) is 30.3 Å². The van der Waals surface area contributed by atoms with E-state index in [2.05, 4.69) is 11.4 Å². The fraction of sp³-hybridized carbons (Fsp3) is 0.353. The smallest absolute Gasteiger partial charge is 0.331 e. The van der Waals surface area contributed by atoms with E-state index in [0.29, 0.717) is 5.56 Å². The molecular weight excluding hydrogens is 299 g/mol. The number of nitrogens with one attached hydrogen (secondary N) is 1. The number of rotatable bonds is 6. The van der Waals surface area contributed by atoms with Gasteiger partial charge in [0.1, 0.15) is 11.4 Å². The predicted octanol–water partition coefficient (Wildman–Crippen LogP) is 2.19. The number of carbonyl (C=O) groups excluding carboxylic acids is 2. The number of hydrogen-bond donors (Lipinski definition) is 1. The Balaban J connectivity index is 1.78. The number of nitrogens with zero attached hydrogens (tertiary/aromatic N) is 1. The van der Waals surface area contributed by atoms with Crippen LogP contribution in [0, 0.1) is 23.1 Å². The van der Waals surface area contributed by atoms with E-state index >= 15 is 0 Å². The minimum atomic E-state index is -0.909. The maximum Gasteiger partial charge on any atom is 0.331 e. The molecule has 6 heteroatoms. The van der Waals surface area contributed by atoms with Gasteiger partial charge in [-0.05, 0) is 49.5 Å². The molecule has 1 saturated carbocycles. The van der Waals surface area contributed by atoms with Gasteiger partial charge in [-0.3, -0.25) is 4.79 Å². The summed E-state index contributed by atoms with van der Waals surface area (Å²) >= 11 is 0.